The van der Waals surface area contributed by atoms with Gasteiger partial charge in [-0.25, -0.2) is 4.98 Å². The van der Waals surface area contributed by atoms with Crippen molar-refractivity contribution in [3.05, 3.63) is 108 Å². The van der Waals surface area contributed by atoms with Gasteiger partial charge in [0, 0.05) is 24.6 Å². The van der Waals surface area contributed by atoms with Crippen molar-refractivity contribution in [3.8, 4) is 16.9 Å². The highest BCUT2D eigenvalue weighted by Gasteiger charge is 2.13. The number of ether oxygens (including phenoxy) is 1. The van der Waals surface area contributed by atoms with Crippen molar-refractivity contribution in [1.29, 1.82) is 0 Å². The molecule has 0 atom stereocenters. The number of aromatic nitrogens is 1. The summed E-state index contributed by atoms with van der Waals surface area (Å²) in [5, 5.41) is 19.9. The van der Waals surface area contributed by atoms with Crippen LogP contribution in [0.15, 0.2) is 85.6 Å². The molecule has 0 aliphatic carbocycles. The van der Waals surface area contributed by atoms with Gasteiger partial charge in [0.1, 0.15) is 11.4 Å². The van der Waals surface area contributed by atoms with E-state index in [2.05, 4.69) is 21.6 Å². The van der Waals surface area contributed by atoms with Crippen molar-refractivity contribution in [2.75, 3.05) is 20.8 Å². The number of phenolic OH excluding ortho intramolecular Hbond substituents is 1. The first-order valence-electron chi connectivity index (χ1n) is 11.6. The Hall–Kier alpha value is -4.49. The van der Waals surface area contributed by atoms with E-state index in [-0.39, 0.29) is 17.4 Å². The number of aliphatic hydroxyl groups is 1. The molecule has 0 aliphatic heterocycles. The van der Waals surface area contributed by atoms with Crippen molar-refractivity contribution < 1.29 is 24.5 Å². The highest BCUT2D eigenvalue weighted by Crippen LogP contribution is 2.26. The minimum absolute atomic E-state index is 0.208. The van der Waals surface area contributed by atoms with Gasteiger partial charge < -0.3 is 20.3 Å². The van der Waals surface area contributed by atoms with E-state index >= 15 is 0 Å². The number of phenols is 1. The average Bonchev–Trinajstić information content (AvgIpc) is 2.94. The van der Waals surface area contributed by atoms with Crippen LogP contribution in [0.4, 0.5) is 0 Å². The molecule has 1 aromatic heterocycles. The van der Waals surface area contributed by atoms with E-state index in [4.69, 9.17) is 5.11 Å². The number of nitrogens with one attached hydrogen (secondary N) is 1. The number of aldehydes is 1. The van der Waals surface area contributed by atoms with Crippen LogP contribution in [0.25, 0.3) is 22.0 Å². The second kappa shape index (κ2) is 14.8. The summed E-state index contributed by atoms with van der Waals surface area (Å²) in [6, 6.07) is 22.3. The molecule has 7 heteroatoms. The second-order valence-electron chi connectivity index (χ2n) is 7.89. The fourth-order valence-electron chi connectivity index (χ4n) is 3.46. The number of aromatic hydroxyl groups is 1. The third kappa shape index (κ3) is 8.30. The van der Waals surface area contributed by atoms with Gasteiger partial charge in [-0.3, -0.25) is 9.59 Å². The van der Waals surface area contributed by atoms with Gasteiger partial charge in [0.2, 0.25) is 0 Å². The fourth-order valence-corrected chi connectivity index (χ4v) is 3.46. The van der Waals surface area contributed by atoms with E-state index in [9.17, 15) is 14.7 Å². The topological polar surface area (TPSA) is 109 Å². The number of aryl methyl sites for hydroxylation is 1. The molecule has 192 valence electrons. The molecule has 0 radical (unpaired) electrons. The van der Waals surface area contributed by atoms with Crippen molar-refractivity contribution >= 4 is 23.1 Å². The number of methoxy groups -OCH3 is 1. The number of hydrogen-bond acceptors (Lipinski definition) is 6. The van der Waals surface area contributed by atoms with Gasteiger partial charge in [-0.2, -0.15) is 0 Å². The van der Waals surface area contributed by atoms with Crippen LogP contribution < -0.4 is 5.32 Å². The molecule has 37 heavy (non-hydrogen) atoms. The normalized spacial score (nSPS) is 9.73. The lowest BCUT2D eigenvalue weighted by atomic mass is 10.00. The standard InChI is InChI=1S/C26H22N2O3.C3H6O.CH4O/c1-17-2-6-19(7-3-17)20-8-11-24-23(14-20)21(16-29)15-25(28-24)26(31)27-13-12-18-4-9-22(30)10-5-18;1-3-4-2;1-2/h2-11,14-16,30H,12-13H2,1H3,(H,27,31);3H,1H2,2H3;2H,1H3. The highest BCUT2D eigenvalue weighted by molar-refractivity contribution is 6.03. The number of nitrogens with zero attached hydrogens (tertiary/aromatic N) is 1. The van der Waals surface area contributed by atoms with Gasteiger partial charge in [0.05, 0.1) is 18.9 Å². The molecule has 7 nitrogen and oxygen atoms in total. The molecular formula is C30H32N2O5. The summed E-state index contributed by atoms with van der Waals surface area (Å²) in [4.78, 5) is 28.8. The SMILES string of the molecule is C=COC.CO.Cc1ccc(-c2ccc3nc(C(=O)NCCc4ccc(O)cc4)cc(C=O)c3c2)cc1. The predicted molar refractivity (Wildman–Crippen MR) is 147 cm³/mol. The summed E-state index contributed by atoms with van der Waals surface area (Å²) in [5.41, 5.74) is 5.47. The van der Waals surface area contributed by atoms with Crippen LogP contribution in [0.3, 0.4) is 0 Å². The van der Waals surface area contributed by atoms with Crippen molar-refractivity contribution in [1.82, 2.24) is 10.3 Å². The molecule has 0 saturated heterocycles. The van der Waals surface area contributed by atoms with Crippen LogP contribution in [0, 0.1) is 6.92 Å². The van der Waals surface area contributed by atoms with E-state index in [0.29, 0.717) is 29.4 Å². The molecule has 0 fully saturated rings. The maximum atomic E-state index is 12.6. The maximum absolute atomic E-state index is 12.6. The number of aliphatic hydroxyl groups excluding tert-OH is 1. The Bertz CT molecular complexity index is 1320. The Kier molecular flexibility index (Phi) is 11.5. The van der Waals surface area contributed by atoms with E-state index in [0.717, 1.165) is 30.1 Å². The molecule has 1 amide bonds. The molecule has 3 aromatic carbocycles. The van der Waals surface area contributed by atoms with Crippen LogP contribution in [0.1, 0.15) is 32.0 Å². The number of fused-ring (bicyclic) bond motifs is 1. The number of carbonyl (C=O) groups excluding carboxylic acids is 2. The van der Waals surface area contributed by atoms with Gasteiger partial charge in [0.15, 0.2) is 6.29 Å². The lowest BCUT2D eigenvalue weighted by molar-refractivity contribution is 0.0949. The summed E-state index contributed by atoms with van der Waals surface area (Å²) < 4.78 is 4.31. The minimum atomic E-state index is -0.327. The predicted octanol–water partition coefficient (Wildman–Crippen LogP) is 5.09. The Balaban J connectivity index is 0.000000733. The summed E-state index contributed by atoms with van der Waals surface area (Å²) in [6.07, 6.45) is 2.76. The lowest BCUT2D eigenvalue weighted by Crippen LogP contribution is -2.26. The Labute approximate surface area is 217 Å². The quantitative estimate of drug-likeness (QED) is 0.241. The molecule has 0 unspecified atom stereocenters. The van der Waals surface area contributed by atoms with E-state index in [1.807, 2.05) is 61.5 Å². The molecule has 0 spiro atoms. The number of carbonyl (C=O) groups is 2. The summed E-state index contributed by atoms with van der Waals surface area (Å²) in [6.45, 7) is 5.72. The molecule has 4 rings (SSSR count). The first-order valence-corrected chi connectivity index (χ1v) is 11.6. The Morgan fingerprint density at radius 2 is 1.62 bits per heavy atom. The van der Waals surface area contributed by atoms with Gasteiger partial charge >= 0.3 is 0 Å². The first-order chi connectivity index (χ1) is 17.9. The van der Waals surface area contributed by atoms with Crippen molar-refractivity contribution in [2.45, 2.75) is 13.3 Å². The molecule has 0 saturated carbocycles. The van der Waals surface area contributed by atoms with Crippen LogP contribution in [0.5, 0.6) is 5.75 Å². The van der Waals surface area contributed by atoms with Crippen LogP contribution in [0.2, 0.25) is 0 Å². The Morgan fingerprint density at radius 1 is 1.00 bits per heavy atom. The van der Waals surface area contributed by atoms with Crippen LogP contribution >= 0.6 is 0 Å². The molecule has 3 N–H and O–H groups in total. The smallest absolute Gasteiger partial charge is 0.269 e. The van der Waals surface area contributed by atoms with Crippen LogP contribution in [-0.4, -0.2) is 48.2 Å². The maximum Gasteiger partial charge on any atom is 0.269 e. The number of amides is 1. The number of benzene rings is 3. The largest absolute Gasteiger partial charge is 0.508 e. The monoisotopic (exact) mass is 500 g/mol. The van der Waals surface area contributed by atoms with Crippen LogP contribution in [-0.2, 0) is 11.2 Å². The molecular weight excluding hydrogens is 468 g/mol. The van der Waals surface area contributed by atoms with Gasteiger partial charge in [0.25, 0.3) is 5.91 Å². The number of pyridine rings is 1. The zero-order chi connectivity index (χ0) is 27.2. The van der Waals surface area contributed by atoms with E-state index in [1.165, 1.54) is 17.9 Å². The lowest BCUT2D eigenvalue weighted by Gasteiger charge is -2.09. The summed E-state index contributed by atoms with van der Waals surface area (Å²) in [5.74, 6) is -0.119. The summed E-state index contributed by atoms with van der Waals surface area (Å²) >= 11 is 0. The van der Waals surface area contributed by atoms with E-state index < -0.39 is 0 Å². The Morgan fingerprint density at radius 3 is 2.22 bits per heavy atom. The van der Waals surface area contributed by atoms with Crippen molar-refractivity contribution in [3.63, 3.8) is 0 Å². The average molecular weight is 501 g/mol. The number of rotatable bonds is 7. The van der Waals surface area contributed by atoms with Gasteiger partial charge in [-0.05, 0) is 60.4 Å². The number of hydrogen-bond donors (Lipinski definition) is 3. The summed E-state index contributed by atoms with van der Waals surface area (Å²) in [7, 11) is 2.56. The highest BCUT2D eigenvalue weighted by atomic mass is 16.5. The zero-order valence-corrected chi connectivity index (χ0v) is 21.3. The molecule has 4 aromatic rings. The minimum Gasteiger partial charge on any atom is -0.508 e. The zero-order valence-electron chi connectivity index (χ0n) is 21.3. The first kappa shape index (κ1) is 28.7. The fraction of sp³-hybridized carbons (Fsp3) is 0.167. The molecule has 1 heterocycles. The molecule has 0 bridgehead atoms. The van der Waals surface area contributed by atoms with E-state index in [1.54, 1.807) is 19.2 Å². The third-order valence-corrected chi connectivity index (χ3v) is 5.39. The van der Waals surface area contributed by atoms with Gasteiger partial charge in [-0.15, -0.1) is 0 Å². The second-order valence-corrected chi connectivity index (χ2v) is 7.89. The third-order valence-electron chi connectivity index (χ3n) is 5.39. The molecule has 0 aliphatic rings. The van der Waals surface area contributed by atoms with Crippen molar-refractivity contribution in [2.24, 2.45) is 0 Å². The van der Waals surface area contributed by atoms with Gasteiger partial charge in [-0.1, -0.05) is 54.6 Å².